The second-order valence-corrected chi connectivity index (χ2v) is 5.77. The highest BCUT2D eigenvalue weighted by molar-refractivity contribution is 5.55. The molecule has 6 heteroatoms. The first-order valence-electron chi connectivity index (χ1n) is 7.67. The van der Waals surface area contributed by atoms with E-state index in [1.54, 1.807) is 6.20 Å². The predicted octanol–water partition coefficient (Wildman–Crippen LogP) is 3.52. The highest BCUT2D eigenvalue weighted by Crippen LogP contribution is 2.22. The fraction of sp³-hybridized carbons (Fsp3) is 0.353. The molecule has 0 fully saturated rings. The molecule has 0 amide bonds. The van der Waals surface area contributed by atoms with E-state index in [1.807, 2.05) is 37.3 Å². The molecule has 0 aliphatic carbocycles. The smallest absolute Gasteiger partial charge is 0.244 e. The summed E-state index contributed by atoms with van der Waals surface area (Å²) in [6.07, 6.45) is 1.74. The van der Waals surface area contributed by atoms with Gasteiger partial charge in [0.05, 0.1) is 18.8 Å². The van der Waals surface area contributed by atoms with Crippen molar-refractivity contribution in [1.29, 1.82) is 0 Å². The normalized spacial score (nSPS) is 12.7. The summed E-state index contributed by atoms with van der Waals surface area (Å²) in [4.78, 5) is 8.63. The molecular weight excluding hydrogens is 292 g/mol. The highest BCUT2D eigenvalue weighted by Gasteiger charge is 2.22. The summed E-state index contributed by atoms with van der Waals surface area (Å²) in [6.45, 7) is 6.51. The lowest BCUT2D eigenvalue weighted by Crippen LogP contribution is -2.25. The lowest BCUT2D eigenvalue weighted by molar-refractivity contribution is 0.280. The van der Waals surface area contributed by atoms with Gasteiger partial charge in [-0.15, -0.1) is 0 Å². The van der Waals surface area contributed by atoms with Crippen molar-refractivity contribution in [2.45, 2.75) is 33.4 Å². The molecule has 6 nitrogen and oxygen atoms in total. The van der Waals surface area contributed by atoms with Crippen molar-refractivity contribution in [3.05, 3.63) is 54.1 Å². The van der Waals surface area contributed by atoms with E-state index < -0.39 is 0 Å². The van der Waals surface area contributed by atoms with Crippen LogP contribution in [0.2, 0.25) is 0 Å². The summed E-state index contributed by atoms with van der Waals surface area (Å²) in [6, 6.07) is 9.88. The molecule has 1 unspecified atom stereocenters. The molecule has 2 aromatic heterocycles. The summed E-state index contributed by atoms with van der Waals surface area (Å²) < 4.78 is 11.1. The molecule has 120 valence electrons. The van der Waals surface area contributed by atoms with Gasteiger partial charge in [-0.1, -0.05) is 49.3 Å². The Labute approximate surface area is 134 Å². The zero-order valence-corrected chi connectivity index (χ0v) is 13.5. The average molecular weight is 312 g/mol. The molecule has 0 spiro atoms. The second kappa shape index (κ2) is 6.75. The molecular formula is C17H20N4O2. The van der Waals surface area contributed by atoms with Crippen LogP contribution in [0, 0.1) is 12.8 Å². The maximum Gasteiger partial charge on any atom is 0.244 e. The van der Waals surface area contributed by atoms with Gasteiger partial charge in [-0.05, 0) is 12.8 Å². The number of hydrogen-bond donors (Lipinski definition) is 1. The Hall–Kier alpha value is -2.47. The van der Waals surface area contributed by atoms with Gasteiger partial charge in [0.2, 0.25) is 11.8 Å². The van der Waals surface area contributed by atoms with E-state index in [-0.39, 0.29) is 6.04 Å². The van der Waals surface area contributed by atoms with Gasteiger partial charge >= 0.3 is 0 Å². The van der Waals surface area contributed by atoms with Crippen LogP contribution in [-0.2, 0) is 6.54 Å². The number of nitrogens with zero attached hydrogens (tertiary/aromatic N) is 3. The van der Waals surface area contributed by atoms with E-state index in [0.29, 0.717) is 30.1 Å². The minimum atomic E-state index is -0.0386. The fourth-order valence-electron chi connectivity index (χ4n) is 2.37. The van der Waals surface area contributed by atoms with Crippen molar-refractivity contribution < 1.29 is 8.94 Å². The maximum atomic E-state index is 5.80. The monoisotopic (exact) mass is 312 g/mol. The Kier molecular flexibility index (Phi) is 4.52. The molecule has 3 rings (SSSR count). The molecule has 1 atom stereocenters. The van der Waals surface area contributed by atoms with Crippen molar-refractivity contribution >= 4 is 0 Å². The number of hydrogen-bond acceptors (Lipinski definition) is 6. The van der Waals surface area contributed by atoms with Crippen LogP contribution in [-0.4, -0.2) is 15.1 Å². The lowest BCUT2D eigenvalue weighted by atomic mass is 10.0. The third-order valence-corrected chi connectivity index (χ3v) is 3.56. The first-order chi connectivity index (χ1) is 11.1. The van der Waals surface area contributed by atoms with Crippen LogP contribution >= 0.6 is 0 Å². The highest BCUT2D eigenvalue weighted by atomic mass is 16.5. The molecule has 0 saturated heterocycles. The van der Waals surface area contributed by atoms with Crippen LogP contribution in [0.1, 0.15) is 37.5 Å². The third kappa shape index (κ3) is 3.65. The van der Waals surface area contributed by atoms with Gasteiger partial charge in [0, 0.05) is 5.56 Å². The van der Waals surface area contributed by atoms with Crippen LogP contribution in [0.3, 0.4) is 0 Å². The summed E-state index contributed by atoms with van der Waals surface area (Å²) >= 11 is 0. The minimum absolute atomic E-state index is 0.0386. The topological polar surface area (TPSA) is 77.0 Å². The Morgan fingerprint density at radius 3 is 2.61 bits per heavy atom. The van der Waals surface area contributed by atoms with E-state index in [1.165, 1.54) is 0 Å². The quantitative estimate of drug-likeness (QED) is 0.750. The van der Waals surface area contributed by atoms with Gasteiger partial charge in [0.1, 0.15) is 0 Å². The van der Waals surface area contributed by atoms with E-state index in [9.17, 15) is 0 Å². The van der Waals surface area contributed by atoms with E-state index in [2.05, 4.69) is 34.3 Å². The Morgan fingerprint density at radius 1 is 1.17 bits per heavy atom. The number of aromatic nitrogens is 3. The minimum Gasteiger partial charge on any atom is -0.439 e. The third-order valence-electron chi connectivity index (χ3n) is 3.56. The average Bonchev–Trinajstić information content (AvgIpc) is 3.18. The molecule has 3 aromatic rings. The maximum absolute atomic E-state index is 5.80. The zero-order chi connectivity index (χ0) is 16.2. The summed E-state index contributed by atoms with van der Waals surface area (Å²) in [7, 11) is 0. The Bertz CT molecular complexity index is 749. The molecule has 1 aromatic carbocycles. The molecule has 1 N–H and O–H groups in total. The Balaban J connectivity index is 1.68. The number of aryl methyl sites for hydroxylation is 1. The van der Waals surface area contributed by atoms with E-state index in [0.717, 1.165) is 11.3 Å². The van der Waals surface area contributed by atoms with Crippen molar-refractivity contribution in [2.75, 3.05) is 0 Å². The van der Waals surface area contributed by atoms with Crippen LogP contribution in [0.15, 0.2) is 45.5 Å². The number of oxazole rings is 1. The van der Waals surface area contributed by atoms with Crippen LogP contribution in [0.25, 0.3) is 11.3 Å². The largest absolute Gasteiger partial charge is 0.439 e. The Morgan fingerprint density at radius 2 is 1.96 bits per heavy atom. The molecule has 0 bridgehead atoms. The van der Waals surface area contributed by atoms with Gasteiger partial charge in [-0.3, -0.25) is 5.32 Å². The number of rotatable bonds is 6. The van der Waals surface area contributed by atoms with Gasteiger partial charge in [0.25, 0.3) is 0 Å². The molecule has 0 aliphatic heterocycles. The van der Waals surface area contributed by atoms with Crippen LogP contribution in [0.5, 0.6) is 0 Å². The first kappa shape index (κ1) is 15.4. The molecule has 0 saturated carbocycles. The van der Waals surface area contributed by atoms with E-state index in [4.69, 9.17) is 8.94 Å². The standard InChI is InChI=1S/C17H20N4O2/c1-11(2)16(17-20-12(3)21-23-17)19-10-15-18-9-14(22-15)13-7-5-4-6-8-13/h4-9,11,16,19H,10H2,1-3H3. The number of benzene rings is 1. The first-order valence-corrected chi connectivity index (χ1v) is 7.67. The van der Waals surface area contributed by atoms with Crippen LogP contribution < -0.4 is 5.32 Å². The summed E-state index contributed by atoms with van der Waals surface area (Å²) in [5.74, 6) is 2.92. The molecule has 23 heavy (non-hydrogen) atoms. The summed E-state index contributed by atoms with van der Waals surface area (Å²) in [5.41, 5.74) is 1.01. The number of nitrogens with one attached hydrogen (secondary N) is 1. The van der Waals surface area contributed by atoms with Crippen LogP contribution in [0.4, 0.5) is 0 Å². The van der Waals surface area contributed by atoms with Crippen molar-refractivity contribution in [1.82, 2.24) is 20.4 Å². The van der Waals surface area contributed by atoms with Gasteiger partial charge < -0.3 is 8.94 Å². The lowest BCUT2D eigenvalue weighted by Gasteiger charge is -2.17. The zero-order valence-electron chi connectivity index (χ0n) is 13.5. The van der Waals surface area contributed by atoms with Crippen molar-refractivity contribution in [3.63, 3.8) is 0 Å². The van der Waals surface area contributed by atoms with Gasteiger partial charge in [-0.2, -0.15) is 4.98 Å². The molecule has 0 radical (unpaired) electrons. The summed E-state index contributed by atoms with van der Waals surface area (Å²) in [5, 5.41) is 7.23. The second-order valence-electron chi connectivity index (χ2n) is 5.77. The fourth-order valence-corrected chi connectivity index (χ4v) is 2.37. The van der Waals surface area contributed by atoms with Crippen molar-refractivity contribution in [2.24, 2.45) is 5.92 Å². The van der Waals surface area contributed by atoms with E-state index >= 15 is 0 Å². The van der Waals surface area contributed by atoms with Crippen molar-refractivity contribution in [3.8, 4) is 11.3 Å². The SMILES string of the molecule is Cc1noc(C(NCc2ncc(-c3ccccc3)o2)C(C)C)n1. The predicted molar refractivity (Wildman–Crippen MR) is 85.4 cm³/mol. The van der Waals surface area contributed by atoms with Gasteiger partial charge in [0.15, 0.2) is 11.6 Å². The molecule has 2 heterocycles. The van der Waals surface area contributed by atoms with Gasteiger partial charge in [-0.25, -0.2) is 4.98 Å². The molecule has 0 aliphatic rings.